The van der Waals surface area contributed by atoms with Crippen molar-refractivity contribution in [3.05, 3.63) is 73.9 Å². The SMILES string of the molecule is COC(=O)c1c(-c2cccc(Cl)c2Cl)cc(COCCNc2nccc(=O)[nH]2)nc1C. The lowest BCUT2D eigenvalue weighted by Crippen LogP contribution is -2.15. The predicted octanol–water partition coefficient (Wildman–Crippen LogP) is 3.86. The smallest absolute Gasteiger partial charge is 0.340 e. The van der Waals surface area contributed by atoms with E-state index in [1.54, 1.807) is 31.2 Å². The first kappa shape index (κ1) is 22.7. The van der Waals surface area contributed by atoms with Crippen LogP contribution in [-0.2, 0) is 16.1 Å². The third-order valence-electron chi connectivity index (χ3n) is 4.34. The van der Waals surface area contributed by atoms with E-state index in [4.69, 9.17) is 32.7 Å². The van der Waals surface area contributed by atoms with Gasteiger partial charge in [0.05, 0.1) is 47.3 Å². The van der Waals surface area contributed by atoms with Crippen LogP contribution in [0.1, 0.15) is 21.7 Å². The van der Waals surface area contributed by atoms with Gasteiger partial charge in [-0.25, -0.2) is 9.78 Å². The zero-order valence-corrected chi connectivity index (χ0v) is 18.4. The highest BCUT2D eigenvalue weighted by molar-refractivity contribution is 6.43. The summed E-state index contributed by atoms with van der Waals surface area (Å²) in [4.78, 5) is 34.7. The molecule has 0 aliphatic carbocycles. The minimum Gasteiger partial charge on any atom is -0.465 e. The Labute approximate surface area is 188 Å². The van der Waals surface area contributed by atoms with Gasteiger partial charge in [-0.05, 0) is 19.1 Å². The summed E-state index contributed by atoms with van der Waals surface area (Å²) in [7, 11) is 1.31. The van der Waals surface area contributed by atoms with Crippen LogP contribution in [0.25, 0.3) is 11.1 Å². The molecule has 8 nitrogen and oxygen atoms in total. The van der Waals surface area contributed by atoms with Gasteiger partial charge in [0.25, 0.3) is 5.56 Å². The van der Waals surface area contributed by atoms with Gasteiger partial charge in [-0.1, -0.05) is 35.3 Å². The number of carbonyl (C=O) groups is 1. The Hall–Kier alpha value is -2.94. The molecule has 0 atom stereocenters. The molecule has 0 aliphatic rings. The van der Waals surface area contributed by atoms with Crippen LogP contribution < -0.4 is 10.9 Å². The third-order valence-corrected chi connectivity index (χ3v) is 5.16. The highest BCUT2D eigenvalue weighted by Gasteiger charge is 2.21. The molecule has 2 aromatic heterocycles. The van der Waals surface area contributed by atoms with Crippen LogP contribution >= 0.6 is 23.2 Å². The van der Waals surface area contributed by atoms with Crippen LogP contribution in [0.5, 0.6) is 0 Å². The van der Waals surface area contributed by atoms with E-state index in [-0.39, 0.29) is 12.2 Å². The Morgan fingerprint density at radius 3 is 2.77 bits per heavy atom. The Morgan fingerprint density at radius 1 is 1.23 bits per heavy atom. The Bertz CT molecular complexity index is 1150. The van der Waals surface area contributed by atoms with Gasteiger partial charge in [0, 0.05) is 29.9 Å². The molecule has 0 amide bonds. The van der Waals surface area contributed by atoms with Crippen molar-refractivity contribution in [2.75, 3.05) is 25.6 Å². The molecular formula is C21H20Cl2N4O4. The number of rotatable bonds is 8. The summed E-state index contributed by atoms with van der Waals surface area (Å²) in [5.74, 6) is -0.151. The summed E-state index contributed by atoms with van der Waals surface area (Å²) in [5.41, 5.74) is 2.34. The van der Waals surface area contributed by atoms with Crippen molar-refractivity contribution >= 4 is 35.1 Å². The maximum atomic E-state index is 12.4. The van der Waals surface area contributed by atoms with Crippen molar-refractivity contribution in [1.82, 2.24) is 15.0 Å². The Morgan fingerprint density at radius 2 is 2.03 bits per heavy atom. The number of halogens is 2. The van der Waals surface area contributed by atoms with E-state index >= 15 is 0 Å². The van der Waals surface area contributed by atoms with E-state index in [0.717, 1.165) is 0 Å². The number of nitrogens with zero attached hydrogens (tertiary/aromatic N) is 2. The van der Waals surface area contributed by atoms with E-state index in [9.17, 15) is 9.59 Å². The van der Waals surface area contributed by atoms with Gasteiger partial charge in [0.2, 0.25) is 5.95 Å². The fourth-order valence-electron chi connectivity index (χ4n) is 2.97. The molecule has 1 aromatic carbocycles. The number of aromatic nitrogens is 3. The number of hydrogen-bond acceptors (Lipinski definition) is 7. The lowest BCUT2D eigenvalue weighted by atomic mass is 9.98. The van der Waals surface area contributed by atoms with Crippen molar-refractivity contribution in [2.24, 2.45) is 0 Å². The van der Waals surface area contributed by atoms with Crippen LogP contribution in [0.2, 0.25) is 10.0 Å². The molecule has 2 N–H and O–H groups in total. The first-order valence-corrected chi connectivity index (χ1v) is 10.1. The van der Waals surface area contributed by atoms with Gasteiger partial charge >= 0.3 is 5.97 Å². The van der Waals surface area contributed by atoms with Crippen LogP contribution in [0.3, 0.4) is 0 Å². The third kappa shape index (κ3) is 5.61. The zero-order valence-electron chi connectivity index (χ0n) is 16.9. The lowest BCUT2D eigenvalue weighted by molar-refractivity contribution is 0.0600. The average Bonchev–Trinajstić information content (AvgIpc) is 2.74. The van der Waals surface area contributed by atoms with Crippen LogP contribution in [0, 0.1) is 6.92 Å². The number of esters is 1. The number of nitrogens with one attached hydrogen (secondary N) is 2. The zero-order chi connectivity index (χ0) is 22.4. The minimum absolute atomic E-state index is 0.202. The van der Waals surface area contributed by atoms with E-state index in [2.05, 4.69) is 20.3 Å². The molecule has 0 bridgehead atoms. The molecule has 3 aromatic rings. The quantitative estimate of drug-likeness (QED) is 0.386. The number of aromatic amines is 1. The monoisotopic (exact) mass is 462 g/mol. The van der Waals surface area contributed by atoms with Crippen molar-refractivity contribution in [1.29, 1.82) is 0 Å². The summed E-state index contributed by atoms with van der Waals surface area (Å²) in [6.07, 6.45) is 1.42. The highest BCUT2D eigenvalue weighted by atomic mass is 35.5. The molecule has 2 heterocycles. The standard InChI is InChI=1S/C21H20Cl2N4O4/c1-12-18(20(29)30-2)15(14-4-3-5-16(22)19(14)23)10-13(26-12)11-31-9-8-25-21-24-7-6-17(28)27-21/h3-7,10H,8-9,11H2,1-2H3,(H2,24,25,27,28). The van der Waals surface area contributed by atoms with Gasteiger partial charge in [-0.2, -0.15) is 0 Å². The molecule has 0 saturated carbocycles. The predicted molar refractivity (Wildman–Crippen MR) is 119 cm³/mol. The Kier molecular flexibility index (Phi) is 7.62. The number of hydrogen-bond donors (Lipinski definition) is 2. The summed E-state index contributed by atoms with van der Waals surface area (Å²) >= 11 is 12.6. The second-order valence-corrected chi connectivity index (χ2v) is 7.26. The van der Waals surface area contributed by atoms with Crippen molar-refractivity contribution < 1.29 is 14.3 Å². The molecule has 0 saturated heterocycles. The molecular weight excluding hydrogens is 443 g/mol. The number of H-pyrrole nitrogens is 1. The Balaban J connectivity index is 1.77. The maximum Gasteiger partial charge on any atom is 0.340 e. The molecule has 0 fully saturated rings. The number of anilines is 1. The minimum atomic E-state index is -0.517. The van der Waals surface area contributed by atoms with Crippen molar-refractivity contribution in [3.63, 3.8) is 0 Å². The number of methoxy groups -OCH3 is 1. The summed E-state index contributed by atoms with van der Waals surface area (Å²) < 4.78 is 10.6. The molecule has 0 radical (unpaired) electrons. The second kappa shape index (κ2) is 10.4. The topological polar surface area (TPSA) is 106 Å². The second-order valence-electron chi connectivity index (χ2n) is 6.48. The first-order chi connectivity index (χ1) is 14.9. The van der Waals surface area contributed by atoms with Crippen LogP contribution in [0.15, 0.2) is 41.3 Å². The fourth-order valence-corrected chi connectivity index (χ4v) is 3.38. The normalized spacial score (nSPS) is 10.7. The molecule has 10 heteroatoms. The maximum absolute atomic E-state index is 12.4. The van der Waals surface area contributed by atoms with Gasteiger partial charge in [-0.15, -0.1) is 0 Å². The molecule has 31 heavy (non-hydrogen) atoms. The fraction of sp³-hybridized carbons (Fsp3) is 0.238. The molecule has 3 rings (SSSR count). The number of carbonyl (C=O) groups excluding carboxylic acids is 1. The van der Waals surface area contributed by atoms with E-state index in [0.29, 0.717) is 57.2 Å². The molecule has 0 aliphatic heterocycles. The lowest BCUT2D eigenvalue weighted by Gasteiger charge is -2.15. The summed E-state index contributed by atoms with van der Waals surface area (Å²) in [5, 5.41) is 3.67. The van der Waals surface area contributed by atoms with Gasteiger partial charge in [-0.3, -0.25) is 14.8 Å². The van der Waals surface area contributed by atoms with Crippen LogP contribution in [-0.4, -0.2) is 41.2 Å². The van der Waals surface area contributed by atoms with E-state index < -0.39 is 5.97 Å². The molecule has 0 spiro atoms. The number of ether oxygens (including phenoxy) is 2. The van der Waals surface area contributed by atoms with Gasteiger partial charge in [0.1, 0.15) is 0 Å². The largest absolute Gasteiger partial charge is 0.465 e. The van der Waals surface area contributed by atoms with Gasteiger partial charge in [0.15, 0.2) is 0 Å². The summed E-state index contributed by atoms with van der Waals surface area (Å²) in [6, 6.07) is 8.27. The highest BCUT2D eigenvalue weighted by Crippen LogP contribution is 2.36. The average molecular weight is 463 g/mol. The number of pyridine rings is 1. The summed E-state index contributed by atoms with van der Waals surface area (Å²) in [6.45, 7) is 2.69. The van der Waals surface area contributed by atoms with E-state index in [1.807, 2.05) is 0 Å². The molecule has 0 unspecified atom stereocenters. The number of aryl methyl sites for hydroxylation is 1. The van der Waals surface area contributed by atoms with Crippen molar-refractivity contribution in [2.45, 2.75) is 13.5 Å². The number of benzene rings is 1. The first-order valence-electron chi connectivity index (χ1n) is 9.31. The molecule has 162 valence electrons. The van der Waals surface area contributed by atoms with Gasteiger partial charge < -0.3 is 14.8 Å². The van der Waals surface area contributed by atoms with Crippen molar-refractivity contribution in [3.8, 4) is 11.1 Å². The van der Waals surface area contributed by atoms with E-state index in [1.165, 1.54) is 19.4 Å². The van der Waals surface area contributed by atoms with Crippen LogP contribution in [0.4, 0.5) is 5.95 Å².